The van der Waals surface area contributed by atoms with Gasteiger partial charge in [-0.2, -0.15) is 0 Å². The highest BCUT2D eigenvalue weighted by atomic mass is 15.0. The first-order valence-corrected chi connectivity index (χ1v) is 7.20. The predicted octanol–water partition coefficient (Wildman–Crippen LogP) is 2.81. The summed E-state index contributed by atoms with van der Waals surface area (Å²) >= 11 is 0. The molecule has 0 saturated heterocycles. The third-order valence-electron chi connectivity index (χ3n) is 4.71. The van der Waals surface area contributed by atoms with Crippen LogP contribution in [0.5, 0.6) is 0 Å². The molecule has 0 unspecified atom stereocenters. The molecule has 0 atom stereocenters. The lowest BCUT2D eigenvalue weighted by molar-refractivity contribution is 0.133. The maximum absolute atomic E-state index is 4.64. The molecule has 1 heterocycles. The summed E-state index contributed by atoms with van der Waals surface area (Å²) in [6.45, 7) is 3.19. The van der Waals surface area contributed by atoms with E-state index in [1.165, 1.54) is 36.8 Å². The van der Waals surface area contributed by atoms with Crippen molar-refractivity contribution >= 4 is 11.0 Å². The molecule has 3 heteroatoms. The summed E-state index contributed by atoms with van der Waals surface area (Å²) in [4.78, 5) is 4.64. The molecule has 3 rings (SSSR count). The van der Waals surface area contributed by atoms with Crippen molar-refractivity contribution in [2.75, 3.05) is 13.6 Å². The van der Waals surface area contributed by atoms with Crippen LogP contribution >= 0.6 is 0 Å². The van der Waals surface area contributed by atoms with E-state index < -0.39 is 0 Å². The quantitative estimate of drug-likeness (QED) is 0.912. The Labute approximate surface area is 115 Å². The average molecular weight is 257 g/mol. The molecule has 0 bridgehead atoms. The molecule has 1 aromatic heterocycles. The van der Waals surface area contributed by atoms with Crippen molar-refractivity contribution < 1.29 is 0 Å². The molecular formula is C16H23N3. The van der Waals surface area contributed by atoms with Crippen LogP contribution in [0.4, 0.5) is 0 Å². The SMILES string of the molecule is CNCC1(Cc2ccc3c(c2)nc(C)n3C)CCC1. The van der Waals surface area contributed by atoms with Crippen molar-refractivity contribution in [2.24, 2.45) is 12.5 Å². The Morgan fingerprint density at radius 1 is 1.37 bits per heavy atom. The number of hydrogen-bond acceptors (Lipinski definition) is 2. The number of aryl methyl sites for hydroxylation is 2. The zero-order valence-corrected chi connectivity index (χ0v) is 12.2. The van der Waals surface area contributed by atoms with Gasteiger partial charge in [0.2, 0.25) is 0 Å². The molecule has 0 radical (unpaired) electrons. The molecule has 3 nitrogen and oxygen atoms in total. The Bertz CT molecular complexity index is 593. The molecule has 2 aromatic rings. The van der Waals surface area contributed by atoms with Crippen molar-refractivity contribution in [1.29, 1.82) is 0 Å². The largest absolute Gasteiger partial charge is 0.331 e. The molecule has 102 valence electrons. The van der Waals surface area contributed by atoms with Crippen LogP contribution in [0, 0.1) is 12.3 Å². The Morgan fingerprint density at radius 3 is 2.79 bits per heavy atom. The van der Waals surface area contributed by atoms with Crippen molar-refractivity contribution in [3.05, 3.63) is 29.6 Å². The molecule has 1 N–H and O–H groups in total. The molecule has 1 aliphatic carbocycles. The fraction of sp³-hybridized carbons (Fsp3) is 0.562. The first kappa shape index (κ1) is 12.7. The second kappa shape index (κ2) is 4.64. The summed E-state index contributed by atoms with van der Waals surface area (Å²) in [7, 11) is 4.14. The van der Waals surface area contributed by atoms with E-state index in [2.05, 4.69) is 54.1 Å². The Kier molecular flexibility index (Phi) is 3.09. The van der Waals surface area contributed by atoms with E-state index in [1.54, 1.807) is 0 Å². The molecule has 0 amide bonds. The van der Waals surface area contributed by atoms with Crippen LogP contribution in [-0.2, 0) is 13.5 Å². The summed E-state index contributed by atoms with van der Waals surface area (Å²) in [5.41, 5.74) is 4.29. The van der Waals surface area contributed by atoms with Crippen molar-refractivity contribution in [3.63, 3.8) is 0 Å². The van der Waals surface area contributed by atoms with Gasteiger partial charge in [-0.3, -0.25) is 0 Å². The summed E-state index contributed by atoms with van der Waals surface area (Å²) in [6, 6.07) is 6.77. The van der Waals surface area contributed by atoms with E-state index in [4.69, 9.17) is 0 Å². The number of aromatic nitrogens is 2. The number of benzene rings is 1. The highest BCUT2D eigenvalue weighted by Crippen LogP contribution is 2.43. The molecular weight excluding hydrogens is 234 g/mol. The number of fused-ring (bicyclic) bond motifs is 1. The van der Waals surface area contributed by atoms with Crippen LogP contribution < -0.4 is 5.32 Å². The zero-order chi connectivity index (χ0) is 13.5. The van der Waals surface area contributed by atoms with Crippen LogP contribution in [0.15, 0.2) is 18.2 Å². The van der Waals surface area contributed by atoms with Crippen LogP contribution in [-0.4, -0.2) is 23.1 Å². The monoisotopic (exact) mass is 257 g/mol. The Balaban J connectivity index is 1.89. The number of rotatable bonds is 4. The fourth-order valence-electron chi connectivity index (χ4n) is 3.38. The van der Waals surface area contributed by atoms with Crippen molar-refractivity contribution in [1.82, 2.24) is 14.9 Å². The summed E-state index contributed by atoms with van der Waals surface area (Å²) in [6.07, 6.45) is 5.27. The van der Waals surface area contributed by atoms with Crippen molar-refractivity contribution in [3.8, 4) is 0 Å². The van der Waals surface area contributed by atoms with Crippen LogP contribution in [0.1, 0.15) is 30.7 Å². The number of hydrogen-bond donors (Lipinski definition) is 1. The van der Waals surface area contributed by atoms with Gasteiger partial charge in [0, 0.05) is 13.6 Å². The van der Waals surface area contributed by atoms with Gasteiger partial charge in [-0.05, 0) is 56.3 Å². The molecule has 0 spiro atoms. The lowest BCUT2D eigenvalue weighted by Gasteiger charge is -2.42. The molecule has 1 fully saturated rings. The van der Waals surface area contributed by atoms with Crippen LogP contribution in [0.2, 0.25) is 0 Å². The highest BCUT2D eigenvalue weighted by molar-refractivity contribution is 5.76. The van der Waals surface area contributed by atoms with Gasteiger partial charge in [-0.15, -0.1) is 0 Å². The Hall–Kier alpha value is -1.35. The van der Waals surface area contributed by atoms with Crippen LogP contribution in [0.3, 0.4) is 0 Å². The highest BCUT2D eigenvalue weighted by Gasteiger charge is 2.36. The minimum atomic E-state index is 0.492. The molecule has 1 saturated carbocycles. The average Bonchev–Trinajstić information content (AvgIpc) is 2.62. The maximum Gasteiger partial charge on any atom is 0.106 e. The molecule has 1 aromatic carbocycles. The lowest BCUT2D eigenvalue weighted by atomic mass is 9.65. The van der Waals surface area contributed by atoms with Gasteiger partial charge < -0.3 is 9.88 Å². The number of imidazole rings is 1. The summed E-state index contributed by atoms with van der Waals surface area (Å²) in [5.74, 6) is 1.08. The van der Waals surface area contributed by atoms with Gasteiger partial charge in [-0.25, -0.2) is 4.98 Å². The summed E-state index contributed by atoms with van der Waals surface area (Å²) in [5, 5.41) is 3.36. The minimum Gasteiger partial charge on any atom is -0.331 e. The van der Waals surface area contributed by atoms with Gasteiger partial charge in [-0.1, -0.05) is 12.5 Å². The van der Waals surface area contributed by atoms with Gasteiger partial charge in [0.05, 0.1) is 11.0 Å². The topological polar surface area (TPSA) is 29.9 Å². The summed E-state index contributed by atoms with van der Waals surface area (Å²) < 4.78 is 2.16. The van der Waals surface area contributed by atoms with Gasteiger partial charge in [0.25, 0.3) is 0 Å². The minimum absolute atomic E-state index is 0.492. The second-order valence-corrected chi connectivity index (χ2v) is 6.10. The van der Waals surface area contributed by atoms with E-state index in [0.29, 0.717) is 5.41 Å². The lowest BCUT2D eigenvalue weighted by Crippen LogP contribution is -2.40. The smallest absolute Gasteiger partial charge is 0.106 e. The third kappa shape index (κ3) is 2.16. The van der Waals surface area contributed by atoms with E-state index in [0.717, 1.165) is 17.9 Å². The van der Waals surface area contributed by atoms with E-state index in [9.17, 15) is 0 Å². The first-order valence-electron chi connectivity index (χ1n) is 7.20. The van der Waals surface area contributed by atoms with Gasteiger partial charge in [0.15, 0.2) is 0 Å². The van der Waals surface area contributed by atoms with Crippen molar-refractivity contribution in [2.45, 2.75) is 32.6 Å². The third-order valence-corrected chi connectivity index (χ3v) is 4.71. The van der Waals surface area contributed by atoms with Crippen LogP contribution in [0.25, 0.3) is 11.0 Å². The number of nitrogens with zero attached hydrogens (tertiary/aromatic N) is 2. The molecule has 1 aliphatic rings. The van der Waals surface area contributed by atoms with E-state index in [-0.39, 0.29) is 0 Å². The molecule has 0 aliphatic heterocycles. The van der Waals surface area contributed by atoms with Gasteiger partial charge in [0.1, 0.15) is 5.82 Å². The van der Waals surface area contributed by atoms with Gasteiger partial charge >= 0.3 is 0 Å². The fourth-order valence-corrected chi connectivity index (χ4v) is 3.38. The standard InChI is InChI=1S/C16H23N3/c1-12-18-14-9-13(5-6-15(14)19(12)3)10-16(11-17-2)7-4-8-16/h5-6,9,17H,4,7-8,10-11H2,1-3H3. The van der Waals surface area contributed by atoms with E-state index >= 15 is 0 Å². The first-order chi connectivity index (χ1) is 9.13. The maximum atomic E-state index is 4.64. The normalized spacial score (nSPS) is 17.6. The Morgan fingerprint density at radius 2 is 2.16 bits per heavy atom. The van der Waals surface area contributed by atoms with E-state index in [1.807, 2.05) is 0 Å². The second-order valence-electron chi connectivity index (χ2n) is 6.10. The molecule has 19 heavy (non-hydrogen) atoms. The predicted molar refractivity (Wildman–Crippen MR) is 79.4 cm³/mol. The zero-order valence-electron chi connectivity index (χ0n) is 12.2. The number of nitrogens with one attached hydrogen (secondary N) is 1.